The highest BCUT2D eigenvalue weighted by atomic mass is 16.5. The van der Waals surface area contributed by atoms with Crippen molar-refractivity contribution in [2.24, 2.45) is 0 Å². The SMILES string of the molecule is CCCOc1cccc(C(=O)Nc2ccc(O)c(C)c2)c1. The second-order valence-corrected chi connectivity index (χ2v) is 4.83. The predicted octanol–water partition coefficient (Wildman–Crippen LogP) is 3.74. The summed E-state index contributed by atoms with van der Waals surface area (Å²) in [6.45, 7) is 4.44. The van der Waals surface area contributed by atoms with Gasteiger partial charge in [-0.1, -0.05) is 13.0 Å². The first-order valence-electron chi connectivity index (χ1n) is 6.94. The van der Waals surface area contributed by atoms with Crippen LogP contribution in [0.1, 0.15) is 29.3 Å². The molecule has 0 fully saturated rings. The van der Waals surface area contributed by atoms with E-state index in [9.17, 15) is 9.90 Å². The van der Waals surface area contributed by atoms with E-state index in [1.807, 2.05) is 13.0 Å². The maximum absolute atomic E-state index is 12.2. The van der Waals surface area contributed by atoms with Crippen molar-refractivity contribution in [2.45, 2.75) is 20.3 Å². The Kier molecular flexibility index (Phi) is 4.82. The van der Waals surface area contributed by atoms with Crippen LogP contribution in [0.3, 0.4) is 0 Å². The minimum absolute atomic E-state index is 0.206. The summed E-state index contributed by atoms with van der Waals surface area (Å²) in [5, 5.41) is 12.3. The van der Waals surface area contributed by atoms with Crippen LogP contribution in [0.15, 0.2) is 42.5 Å². The molecule has 2 aromatic carbocycles. The van der Waals surface area contributed by atoms with E-state index in [4.69, 9.17) is 4.74 Å². The fourth-order valence-electron chi connectivity index (χ4n) is 1.88. The van der Waals surface area contributed by atoms with Crippen molar-refractivity contribution in [1.82, 2.24) is 0 Å². The molecule has 4 heteroatoms. The van der Waals surface area contributed by atoms with Gasteiger partial charge in [0.1, 0.15) is 11.5 Å². The second kappa shape index (κ2) is 6.79. The van der Waals surface area contributed by atoms with Gasteiger partial charge in [-0.05, 0) is 55.3 Å². The summed E-state index contributed by atoms with van der Waals surface area (Å²) in [4.78, 5) is 12.2. The fraction of sp³-hybridized carbons (Fsp3) is 0.235. The van der Waals surface area contributed by atoms with E-state index in [0.717, 1.165) is 6.42 Å². The average molecular weight is 285 g/mol. The van der Waals surface area contributed by atoms with Gasteiger partial charge in [-0.25, -0.2) is 0 Å². The Hall–Kier alpha value is -2.49. The number of ether oxygens (including phenoxy) is 1. The Morgan fingerprint density at radius 1 is 1.24 bits per heavy atom. The Bertz CT molecular complexity index is 638. The van der Waals surface area contributed by atoms with E-state index in [1.165, 1.54) is 0 Å². The molecule has 0 spiro atoms. The number of phenolic OH excluding ortho intramolecular Hbond substituents is 1. The standard InChI is InChI=1S/C17H19NO3/c1-3-9-21-15-6-4-5-13(11-15)17(20)18-14-7-8-16(19)12(2)10-14/h4-8,10-11,19H,3,9H2,1-2H3,(H,18,20). The molecule has 1 amide bonds. The smallest absolute Gasteiger partial charge is 0.255 e. The number of phenols is 1. The molecule has 0 heterocycles. The lowest BCUT2D eigenvalue weighted by molar-refractivity contribution is 0.102. The van der Waals surface area contributed by atoms with Crippen LogP contribution in [0.5, 0.6) is 11.5 Å². The Morgan fingerprint density at radius 2 is 2.05 bits per heavy atom. The summed E-state index contributed by atoms with van der Waals surface area (Å²) < 4.78 is 5.52. The number of rotatable bonds is 5. The lowest BCUT2D eigenvalue weighted by Gasteiger charge is -2.09. The maximum atomic E-state index is 12.2. The van der Waals surface area contributed by atoms with Gasteiger partial charge in [0.25, 0.3) is 5.91 Å². The first-order chi connectivity index (χ1) is 10.1. The first-order valence-corrected chi connectivity index (χ1v) is 6.94. The number of aromatic hydroxyl groups is 1. The van der Waals surface area contributed by atoms with E-state index in [0.29, 0.717) is 29.2 Å². The van der Waals surface area contributed by atoms with E-state index >= 15 is 0 Å². The topological polar surface area (TPSA) is 58.6 Å². The zero-order chi connectivity index (χ0) is 15.2. The van der Waals surface area contributed by atoms with Crippen molar-refractivity contribution >= 4 is 11.6 Å². The molecule has 0 radical (unpaired) electrons. The van der Waals surface area contributed by atoms with E-state index < -0.39 is 0 Å². The highest BCUT2D eigenvalue weighted by Gasteiger charge is 2.08. The maximum Gasteiger partial charge on any atom is 0.255 e. The van der Waals surface area contributed by atoms with Crippen LogP contribution in [0.25, 0.3) is 0 Å². The van der Waals surface area contributed by atoms with Gasteiger partial charge in [0, 0.05) is 11.3 Å². The van der Waals surface area contributed by atoms with Gasteiger partial charge in [0.2, 0.25) is 0 Å². The van der Waals surface area contributed by atoms with Crippen LogP contribution < -0.4 is 10.1 Å². The summed E-state index contributed by atoms with van der Waals surface area (Å²) in [6.07, 6.45) is 0.920. The lowest BCUT2D eigenvalue weighted by Crippen LogP contribution is -2.12. The first kappa shape index (κ1) is 14.9. The van der Waals surface area contributed by atoms with Crippen molar-refractivity contribution in [1.29, 1.82) is 0 Å². The Labute approximate surface area is 124 Å². The molecular weight excluding hydrogens is 266 g/mol. The molecular formula is C17H19NO3. The molecule has 0 bridgehead atoms. The molecule has 0 unspecified atom stereocenters. The number of anilines is 1. The number of benzene rings is 2. The molecule has 0 saturated heterocycles. The zero-order valence-corrected chi connectivity index (χ0v) is 12.2. The molecule has 0 aliphatic carbocycles. The molecule has 0 aliphatic heterocycles. The van der Waals surface area contributed by atoms with Crippen LogP contribution in [-0.2, 0) is 0 Å². The number of aryl methyl sites for hydroxylation is 1. The van der Waals surface area contributed by atoms with Gasteiger partial charge in [-0.15, -0.1) is 0 Å². The van der Waals surface area contributed by atoms with Gasteiger partial charge in [-0.3, -0.25) is 4.79 Å². The fourth-order valence-corrected chi connectivity index (χ4v) is 1.88. The molecule has 4 nitrogen and oxygen atoms in total. The van der Waals surface area contributed by atoms with E-state index in [2.05, 4.69) is 5.32 Å². The molecule has 21 heavy (non-hydrogen) atoms. The second-order valence-electron chi connectivity index (χ2n) is 4.83. The number of hydrogen-bond donors (Lipinski definition) is 2. The quantitative estimate of drug-likeness (QED) is 0.823. The summed E-state index contributed by atoms with van der Waals surface area (Å²) >= 11 is 0. The Balaban J connectivity index is 2.10. The van der Waals surface area contributed by atoms with Crippen LogP contribution in [0.2, 0.25) is 0 Å². The number of hydrogen-bond acceptors (Lipinski definition) is 3. The van der Waals surface area contributed by atoms with Crippen LogP contribution in [0.4, 0.5) is 5.69 Å². The molecule has 110 valence electrons. The molecule has 0 atom stereocenters. The van der Waals surface area contributed by atoms with Crippen molar-refractivity contribution < 1.29 is 14.6 Å². The highest BCUT2D eigenvalue weighted by Crippen LogP contribution is 2.21. The molecule has 0 aromatic heterocycles. The van der Waals surface area contributed by atoms with Crippen LogP contribution >= 0.6 is 0 Å². The number of carbonyl (C=O) groups is 1. The highest BCUT2D eigenvalue weighted by molar-refractivity contribution is 6.04. The van der Waals surface area contributed by atoms with Gasteiger partial charge in [-0.2, -0.15) is 0 Å². The van der Waals surface area contributed by atoms with E-state index in [1.54, 1.807) is 43.3 Å². The van der Waals surface area contributed by atoms with E-state index in [-0.39, 0.29) is 11.7 Å². The summed E-state index contributed by atoms with van der Waals surface area (Å²) in [5.74, 6) is 0.691. The van der Waals surface area contributed by atoms with Crippen molar-refractivity contribution in [2.75, 3.05) is 11.9 Å². The summed E-state index contributed by atoms with van der Waals surface area (Å²) in [6, 6.07) is 12.0. The number of nitrogens with one attached hydrogen (secondary N) is 1. The lowest BCUT2D eigenvalue weighted by atomic mass is 10.1. The monoisotopic (exact) mass is 285 g/mol. The molecule has 2 N–H and O–H groups in total. The van der Waals surface area contributed by atoms with Crippen LogP contribution in [0, 0.1) is 6.92 Å². The number of carbonyl (C=O) groups excluding carboxylic acids is 1. The third-order valence-electron chi connectivity index (χ3n) is 3.02. The summed E-state index contributed by atoms with van der Waals surface area (Å²) in [7, 11) is 0. The average Bonchev–Trinajstić information content (AvgIpc) is 2.49. The van der Waals surface area contributed by atoms with Crippen molar-refractivity contribution in [3.63, 3.8) is 0 Å². The predicted molar refractivity (Wildman–Crippen MR) is 83.0 cm³/mol. The third kappa shape index (κ3) is 3.99. The molecule has 0 aliphatic rings. The molecule has 2 aromatic rings. The Morgan fingerprint density at radius 3 is 2.76 bits per heavy atom. The number of amides is 1. The van der Waals surface area contributed by atoms with Gasteiger partial charge in [0.05, 0.1) is 6.61 Å². The van der Waals surface area contributed by atoms with Crippen molar-refractivity contribution in [3.8, 4) is 11.5 Å². The van der Waals surface area contributed by atoms with Crippen LogP contribution in [-0.4, -0.2) is 17.6 Å². The van der Waals surface area contributed by atoms with Gasteiger partial charge in [0.15, 0.2) is 0 Å². The molecule has 0 saturated carbocycles. The third-order valence-corrected chi connectivity index (χ3v) is 3.02. The van der Waals surface area contributed by atoms with Crippen molar-refractivity contribution in [3.05, 3.63) is 53.6 Å². The minimum Gasteiger partial charge on any atom is -0.508 e. The largest absolute Gasteiger partial charge is 0.508 e. The minimum atomic E-state index is -0.206. The normalized spacial score (nSPS) is 10.2. The van der Waals surface area contributed by atoms with Gasteiger partial charge < -0.3 is 15.2 Å². The summed E-state index contributed by atoms with van der Waals surface area (Å²) in [5.41, 5.74) is 1.90. The van der Waals surface area contributed by atoms with Gasteiger partial charge >= 0.3 is 0 Å². The zero-order valence-electron chi connectivity index (χ0n) is 12.2. The molecule has 2 rings (SSSR count).